The molecule has 0 aliphatic carbocycles. The Bertz CT molecular complexity index is 142. The molecule has 2 heterocycles. The Hall–Kier alpha value is -0.120. The fourth-order valence-corrected chi connectivity index (χ4v) is 2.63. The molecule has 0 bridgehead atoms. The maximum absolute atomic E-state index is 3.65. The van der Waals surface area contributed by atoms with E-state index in [4.69, 9.17) is 0 Å². The van der Waals surface area contributed by atoms with Crippen molar-refractivity contribution < 1.29 is 0 Å². The van der Waals surface area contributed by atoms with Crippen molar-refractivity contribution in [3.8, 4) is 0 Å². The lowest BCUT2D eigenvalue weighted by molar-refractivity contribution is 0.138. The van der Waals surface area contributed by atoms with Gasteiger partial charge in [-0.15, -0.1) is 0 Å². The lowest BCUT2D eigenvalue weighted by Crippen LogP contribution is -2.55. The van der Waals surface area contributed by atoms with Gasteiger partial charge in [0.25, 0.3) is 0 Å². The van der Waals surface area contributed by atoms with Gasteiger partial charge in [0.15, 0.2) is 0 Å². The van der Waals surface area contributed by atoms with E-state index in [9.17, 15) is 0 Å². The molecule has 0 radical (unpaired) electrons. The fraction of sp³-hybridized carbons (Fsp3) is 1.00. The van der Waals surface area contributed by atoms with E-state index in [0.29, 0.717) is 0 Å². The summed E-state index contributed by atoms with van der Waals surface area (Å²) >= 11 is 0. The molecular weight excluding hydrogens is 174 g/mol. The summed E-state index contributed by atoms with van der Waals surface area (Å²) in [6, 6.07) is 1.46. The van der Waals surface area contributed by atoms with E-state index in [-0.39, 0.29) is 0 Å². The van der Waals surface area contributed by atoms with Crippen LogP contribution in [0.15, 0.2) is 0 Å². The van der Waals surface area contributed by atoms with Crippen LogP contribution >= 0.6 is 0 Å². The predicted octanol–water partition coefficient (Wildman–Crippen LogP) is 0.422. The van der Waals surface area contributed by atoms with Gasteiger partial charge in [0.2, 0.25) is 0 Å². The highest BCUT2D eigenvalue weighted by molar-refractivity contribution is 4.85. The van der Waals surface area contributed by atoms with E-state index in [2.05, 4.69) is 22.5 Å². The fourth-order valence-electron chi connectivity index (χ4n) is 2.63. The van der Waals surface area contributed by atoms with Crippen LogP contribution in [0.2, 0.25) is 0 Å². The normalized spacial score (nSPS) is 32.8. The summed E-state index contributed by atoms with van der Waals surface area (Å²) in [5, 5.41) is 7.06. The van der Waals surface area contributed by atoms with Crippen LogP contribution in [0.4, 0.5) is 0 Å². The molecule has 2 atom stereocenters. The lowest BCUT2D eigenvalue weighted by Gasteiger charge is -2.39. The summed E-state index contributed by atoms with van der Waals surface area (Å²) in [4.78, 5) is 2.62. The molecule has 0 aromatic heterocycles. The van der Waals surface area contributed by atoms with Crippen molar-refractivity contribution in [2.75, 3.05) is 32.7 Å². The molecule has 3 nitrogen and oxygen atoms in total. The number of rotatable bonds is 2. The highest BCUT2D eigenvalue weighted by Crippen LogP contribution is 2.14. The van der Waals surface area contributed by atoms with Gasteiger partial charge in [-0.2, -0.15) is 0 Å². The van der Waals surface area contributed by atoms with Crippen molar-refractivity contribution in [1.82, 2.24) is 15.5 Å². The van der Waals surface area contributed by atoms with E-state index < -0.39 is 0 Å². The third-order valence-corrected chi connectivity index (χ3v) is 3.66. The summed E-state index contributed by atoms with van der Waals surface area (Å²) in [6.45, 7) is 8.38. The van der Waals surface area contributed by atoms with Crippen LogP contribution in [-0.4, -0.2) is 49.7 Å². The minimum atomic E-state index is 0.720. The van der Waals surface area contributed by atoms with Crippen LogP contribution < -0.4 is 10.6 Å². The maximum Gasteiger partial charge on any atom is 0.0222 e. The molecule has 14 heavy (non-hydrogen) atoms. The maximum atomic E-state index is 3.65. The number of piperidine rings is 1. The van der Waals surface area contributed by atoms with E-state index >= 15 is 0 Å². The van der Waals surface area contributed by atoms with E-state index in [1.165, 1.54) is 38.9 Å². The molecule has 3 heteroatoms. The Balaban J connectivity index is 1.82. The Morgan fingerprint density at radius 1 is 1.14 bits per heavy atom. The van der Waals surface area contributed by atoms with Crippen LogP contribution in [0.1, 0.15) is 26.2 Å². The summed E-state index contributed by atoms with van der Waals surface area (Å²) in [6.07, 6.45) is 4.14. The molecule has 0 unspecified atom stereocenters. The first-order chi connectivity index (χ1) is 6.88. The predicted molar refractivity (Wildman–Crippen MR) is 59.5 cm³/mol. The topological polar surface area (TPSA) is 27.3 Å². The zero-order chi connectivity index (χ0) is 9.80. The molecule has 2 aliphatic heterocycles. The van der Waals surface area contributed by atoms with Crippen molar-refractivity contribution in [2.45, 2.75) is 38.3 Å². The molecule has 82 valence electrons. The number of hydrogen-bond donors (Lipinski definition) is 2. The number of nitrogens with zero attached hydrogens (tertiary/aromatic N) is 1. The summed E-state index contributed by atoms with van der Waals surface area (Å²) < 4.78 is 0. The monoisotopic (exact) mass is 197 g/mol. The highest BCUT2D eigenvalue weighted by atomic mass is 15.2. The second-order valence-corrected chi connectivity index (χ2v) is 4.58. The summed E-state index contributed by atoms with van der Waals surface area (Å²) in [5.41, 5.74) is 0. The zero-order valence-corrected chi connectivity index (χ0v) is 9.26. The van der Waals surface area contributed by atoms with Crippen molar-refractivity contribution in [1.29, 1.82) is 0 Å². The minimum Gasteiger partial charge on any atom is -0.314 e. The molecule has 2 aliphatic rings. The quantitative estimate of drug-likeness (QED) is 0.672. The number of nitrogens with one attached hydrogen (secondary N) is 2. The smallest absolute Gasteiger partial charge is 0.0222 e. The summed E-state index contributed by atoms with van der Waals surface area (Å²) in [5.74, 6) is 0. The molecule has 2 rings (SSSR count). The number of piperazine rings is 1. The lowest BCUT2D eigenvalue weighted by atomic mass is 9.97. The highest BCUT2D eigenvalue weighted by Gasteiger charge is 2.25. The minimum absolute atomic E-state index is 0.720. The molecule has 2 N–H and O–H groups in total. The first-order valence-electron chi connectivity index (χ1n) is 6.06. The second kappa shape index (κ2) is 5.10. The number of hydrogen-bond acceptors (Lipinski definition) is 3. The molecule has 0 spiro atoms. The van der Waals surface area contributed by atoms with Crippen LogP contribution in [0.3, 0.4) is 0 Å². The molecule has 0 aromatic carbocycles. The first kappa shape index (κ1) is 10.4. The van der Waals surface area contributed by atoms with Crippen LogP contribution in [-0.2, 0) is 0 Å². The Morgan fingerprint density at radius 3 is 2.57 bits per heavy atom. The van der Waals surface area contributed by atoms with Gasteiger partial charge in [-0.1, -0.05) is 6.42 Å². The van der Waals surface area contributed by atoms with Gasteiger partial charge in [-0.05, 0) is 26.3 Å². The SMILES string of the molecule is C[C@@H]([C@H]1CCCCN1)N1CCNCC1. The molecule has 2 saturated heterocycles. The Morgan fingerprint density at radius 2 is 1.93 bits per heavy atom. The van der Waals surface area contributed by atoms with E-state index in [0.717, 1.165) is 25.2 Å². The van der Waals surface area contributed by atoms with Crippen molar-refractivity contribution in [2.24, 2.45) is 0 Å². The van der Waals surface area contributed by atoms with Gasteiger partial charge in [0.1, 0.15) is 0 Å². The second-order valence-electron chi connectivity index (χ2n) is 4.58. The van der Waals surface area contributed by atoms with Gasteiger partial charge < -0.3 is 10.6 Å². The van der Waals surface area contributed by atoms with Gasteiger partial charge in [-0.3, -0.25) is 4.90 Å². The Labute approximate surface area is 87.2 Å². The third kappa shape index (κ3) is 2.47. The first-order valence-corrected chi connectivity index (χ1v) is 6.06. The molecule has 0 aromatic rings. The average molecular weight is 197 g/mol. The van der Waals surface area contributed by atoms with Crippen LogP contribution in [0.25, 0.3) is 0 Å². The van der Waals surface area contributed by atoms with Gasteiger partial charge in [-0.25, -0.2) is 0 Å². The standard InChI is InChI=1S/C11H23N3/c1-10(11-4-2-3-5-13-11)14-8-6-12-7-9-14/h10-13H,2-9H2,1H3/t10-,11+/m0/s1. The molecule has 0 saturated carbocycles. The Kier molecular flexibility index (Phi) is 3.79. The molecular formula is C11H23N3. The van der Waals surface area contributed by atoms with Gasteiger partial charge in [0.05, 0.1) is 0 Å². The van der Waals surface area contributed by atoms with Gasteiger partial charge >= 0.3 is 0 Å². The molecule has 2 fully saturated rings. The molecule has 0 amide bonds. The third-order valence-electron chi connectivity index (χ3n) is 3.66. The zero-order valence-electron chi connectivity index (χ0n) is 9.26. The van der Waals surface area contributed by atoms with Gasteiger partial charge in [0, 0.05) is 38.3 Å². The van der Waals surface area contributed by atoms with E-state index in [1.807, 2.05) is 0 Å². The van der Waals surface area contributed by atoms with Crippen LogP contribution in [0, 0.1) is 0 Å². The van der Waals surface area contributed by atoms with Crippen molar-refractivity contribution >= 4 is 0 Å². The van der Waals surface area contributed by atoms with Crippen LogP contribution in [0.5, 0.6) is 0 Å². The average Bonchev–Trinajstić information content (AvgIpc) is 2.30. The largest absolute Gasteiger partial charge is 0.314 e. The van der Waals surface area contributed by atoms with Crippen molar-refractivity contribution in [3.63, 3.8) is 0 Å². The van der Waals surface area contributed by atoms with E-state index in [1.54, 1.807) is 0 Å². The summed E-state index contributed by atoms with van der Waals surface area (Å²) in [7, 11) is 0. The van der Waals surface area contributed by atoms with Crippen molar-refractivity contribution in [3.05, 3.63) is 0 Å².